The van der Waals surface area contributed by atoms with Crippen LogP contribution in [0.15, 0.2) is 60.2 Å². The summed E-state index contributed by atoms with van der Waals surface area (Å²) in [5, 5.41) is 3.04. The number of aryl methyl sites for hydroxylation is 1. The zero-order valence-corrected chi connectivity index (χ0v) is 16.7. The molecular formula is C25H27NO3. The van der Waals surface area contributed by atoms with Crippen LogP contribution in [0, 0.1) is 0 Å². The molecular weight excluding hydrogens is 362 g/mol. The van der Waals surface area contributed by atoms with Gasteiger partial charge in [0.15, 0.2) is 0 Å². The minimum atomic E-state index is -0.967. The topological polar surface area (TPSA) is 55.4 Å². The average molecular weight is 389 g/mol. The van der Waals surface area contributed by atoms with Gasteiger partial charge in [0.1, 0.15) is 0 Å². The van der Waals surface area contributed by atoms with E-state index >= 15 is 0 Å². The predicted octanol–water partition coefficient (Wildman–Crippen LogP) is 5.29. The van der Waals surface area contributed by atoms with Crippen LogP contribution in [0.5, 0.6) is 0 Å². The lowest BCUT2D eigenvalue weighted by atomic mass is 9.90. The highest BCUT2D eigenvalue weighted by molar-refractivity contribution is 5.98. The Morgan fingerprint density at radius 3 is 2.45 bits per heavy atom. The van der Waals surface area contributed by atoms with Gasteiger partial charge >= 0.3 is 5.97 Å². The van der Waals surface area contributed by atoms with E-state index < -0.39 is 6.10 Å². The Kier molecular flexibility index (Phi) is 6.09. The molecule has 0 bridgehead atoms. The van der Waals surface area contributed by atoms with Gasteiger partial charge in [-0.1, -0.05) is 48.5 Å². The second kappa shape index (κ2) is 9.08. The van der Waals surface area contributed by atoms with Crippen molar-refractivity contribution in [3.63, 3.8) is 0 Å². The van der Waals surface area contributed by atoms with Crippen molar-refractivity contribution in [2.24, 2.45) is 0 Å². The number of rotatable bonds is 5. The summed E-state index contributed by atoms with van der Waals surface area (Å²) in [5.41, 5.74) is 4.71. The summed E-state index contributed by atoms with van der Waals surface area (Å²) >= 11 is 0. The van der Waals surface area contributed by atoms with Crippen LogP contribution in [0.2, 0.25) is 0 Å². The summed E-state index contributed by atoms with van der Waals surface area (Å²) < 4.78 is 5.73. The lowest BCUT2D eigenvalue weighted by Crippen LogP contribution is -2.27. The van der Waals surface area contributed by atoms with Crippen molar-refractivity contribution in [3.8, 4) is 0 Å². The number of nitrogens with one attached hydrogen (secondary N) is 1. The van der Waals surface area contributed by atoms with Gasteiger partial charge in [-0.25, -0.2) is 4.79 Å². The third kappa shape index (κ3) is 4.58. The normalized spacial score (nSPS) is 16.9. The highest BCUT2D eigenvalue weighted by Gasteiger charge is 2.28. The van der Waals surface area contributed by atoms with Crippen LogP contribution in [0.3, 0.4) is 0 Å². The molecule has 150 valence electrons. The van der Waals surface area contributed by atoms with E-state index in [2.05, 4.69) is 11.4 Å². The number of carbonyl (C=O) groups excluding carboxylic acids is 2. The first-order valence-corrected chi connectivity index (χ1v) is 10.6. The number of hydrogen-bond donors (Lipinski definition) is 1. The van der Waals surface area contributed by atoms with E-state index in [-0.39, 0.29) is 11.9 Å². The third-order valence-electron chi connectivity index (χ3n) is 5.77. The highest BCUT2D eigenvalue weighted by Crippen LogP contribution is 2.30. The minimum Gasteiger partial charge on any atom is -0.444 e. The number of allylic oxidation sites excluding steroid dienone is 1. The smallest absolute Gasteiger partial charge is 0.334 e. The Morgan fingerprint density at radius 2 is 1.66 bits per heavy atom. The molecule has 29 heavy (non-hydrogen) atoms. The van der Waals surface area contributed by atoms with Gasteiger partial charge in [0, 0.05) is 16.8 Å². The minimum absolute atomic E-state index is 0.306. The SMILES string of the molecule is O=C(OC(C(=O)Nc1cccc2c1CCCC2)c1ccccc1)C1=CCCCC1. The van der Waals surface area contributed by atoms with Crippen molar-refractivity contribution < 1.29 is 14.3 Å². The van der Waals surface area contributed by atoms with Crippen LogP contribution >= 0.6 is 0 Å². The fourth-order valence-corrected chi connectivity index (χ4v) is 4.20. The van der Waals surface area contributed by atoms with E-state index in [1.54, 1.807) is 0 Å². The Hall–Kier alpha value is -2.88. The summed E-state index contributed by atoms with van der Waals surface area (Å²) in [7, 11) is 0. The zero-order chi connectivity index (χ0) is 20.1. The van der Waals surface area contributed by atoms with E-state index in [4.69, 9.17) is 4.74 Å². The monoisotopic (exact) mass is 389 g/mol. The lowest BCUT2D eigenvalue weighted by molar-refractivity contribution is -0.151. The van der Waals surface area contributed by atoms with Gasteiger partial charge in [-0.3, -0.25) is 4.79 Å². The van der Waals surface area contributed by atoms with Crippen molar-refractivity contribution in [2.45, 2.75) is 57.5 Å². The number of carbonyl (C=O) groups is 2. The van der Waals surface area contributed by atoms with Crippen LogP contribution in [0.1, 0.15) is 61.3 Å². The van der Waals surface area contributed by atoms with Gasteiger partial charge in [0.05, 0.1) is 0 Å². The first kappa shape index (κ1) is 19.4. The number of hydrogen-bond acceptors (Lipinski definition) is 3. The molecule has 0 saturated heterocycles. The third-order valence-corrected chi connectivity index (χ3v) is 5.77. The van der Waals surface area contributed by atoms with E-state index in [0.717, 1.165) is 44.2 Å². The van der Waals surface area contributed by atoms with Gasteiger partial charge in [0.2, 0.25) is 6.10 Å². The molecule has 2 aromatic rings. The lowest BCUT2D eigenvalue weighted by Gasteiger charge is -2.23. The first-order valence-electron chi connectivity index (χ1n) is 10.6. The highest BCUT2D eigenvalue weighted by atomic mass is 16.5. The first-order chi connectivity index (χ1) is 14.2. The van der Waals surface area contributed by atoms with Crippen molar-refractivity contribution in [1.82, 2.24) is 0 Å². The molecule has 0 heterocycles. The van der Waals surface area contributed by atoms with E-state index in [1.165, 1.54) is 17.5 Å². The molecule has 4 rings (SSSR count). The van der Waals surface area contributed by atoms with Crippen molar-refractivity contribution in [2.75, 3.05) is 5.32 Å². The molecule has 2 aliphatic carbocycles. The molecule has 2 aliphatic rings. The molecule has 0 spiro atoms. The Morgan fingerprint density at radius 1 is 0.862 bits per heavy atom. The maximum Gasteiger partial charge on any atom is 0.334 e. The molecule has 4 heteroatoms. The molecule has 0 saturated carbocycles. The molecule has 1 unspecified atom stereocenters. The Balaban J connectivity index is 1.57. The van der Waals surface area contributed by atoms with Gasteiger partial charge < -0.3 is 10.1 Å². The number of esters is 1. The van der Waals surface area contributed by atoms with Gasteiger partial charge in [-0.15, -0.1) is 0 Å². The van der Waals surface area contributed by atoms with Crippen LogP contribution in [0.4, 0.5) is 5.69 Å². The van der Waals surface area contributed by atoms with E-state index in [0.29, 0.717) is 17.6 Å². The van der Waals surface area contributed by atoms with Crippen LogP contribution in [-0.2, 0) is 27.2 Å². The quantitative estimate of drug-likeness (QED) is 0.707. The average Bonchev–Trinajstić information content (AvgIpc) is 2.78. The van der Waals surface area contributed by atoms with E-state index in [1.807, 2.05) is 48.5 Å². The summed E-state index contributed by atoms with van der Waals surface area (Å²) in [6, 6.07) is 15.3. The fourth-order valence-electron chi connectivity index (χ4n) is 4.20. The number of ether oxygens (including phenoxy) is 1. The molecule has 1 atom stereocenters. The molecule has 0 aromatic heterocycles. The number of benzene rings is 2. The molecule has 2 aromatic carbocycles. The molecule has 0 radical (unpaired) electrons. The second-order valence-corrected chi connectivity index (χ2v) is 7.81. The zero-order valence-electron chi connectivity index (χ0n) is 16.7. The van der Waals surface area contributed by atoms with Crippen LogP contribution in [-0.4, -0.2) is 11.9 Å². The number of amides is 1. The summed E-state index contributed by atoms with van der Waals surface area (Å²) in [4.78, 5) is 25.9. The molecule has 1 N–H and O–H groups in total. The summed E-state index contributed by atoms with van der Waals surface area (Å²) in [5.74, 6) is -0.691. The van der Waals surface area contributed by atoms with Crippen molar-refractivity contribution in [1.29, 1.82) is 0 Å². The predicted molar refractivity (Wildman–Crippen MR) is 114 cm³/mol. The standard InChI is InChI=1S/C25H27NO3/c27-24(26-22-17-9-15-18-10-7-8-16-21(18)22)23(19-11-3-1-4-12-19)29-25(28)20-13-5-2-6-14-20/h1,3-4,9,11-13,15,17,23H,2,5-8,10,14,16H2,(H,26,27). The molecule has 0 fully saturated rings. The number of fused-ring (bicyclic) bond motifs is 1. The van der Waals surface area contributed by atoms with Crippen LogP contribution < -0.4 is 5.32 Å². The molecule has 1 amide bonds. The largest absolute Gasteiger partial charge is 0.444 e. The van der Waals surface area contributed by atoms with Crippen molar-refractivity contribution in [3.05, 3.63) is 76.9 Å². The number of anilines is 1. The van der Waals surface area contributed by atoms with Gasteiger partial charge in [-0.2, -0.15) is 0 Å². The summed E-state index contributed by atoms with van der Waals surface area (Å²) in [6.07, 6.45) is 8.99. The Bertz CT molecular complexity index is 917. The summed E-state index contributed by atoms with van der Waals surface area (Å²) in [6.45, 7) is 0. The maximum absolute atomic E-state index is 13.2. The second-order valence-electron chi connectivity index (χ2n) is 7.81. The maximum atomic E-state index is 13.2. The fraction of sp³-hybridized carbons (Fsp3) is 0.360. The van der Waals surface area contributed by atoms with Gasteiger partial charge in [0.25, 0.3) is 5.91 Å². The van der Waals surface area contributed by atoms with E-state index in [9.17, 15) is 9.59 Å². The molecule has 0 aliphatic heterocycles. The molecule has 4 nitrogen and oxygen atoms in total. The van der Waals surface area contributed by atoms with Crippen molar-refractivity contribution >= 4 is 17.6 Å². The van der Waals surface area contributed by atoms with Crippen LogP contribution in [0.25, 0.3) is 0 Å². The Labute approximate surface area is 172 Å². The van der Waals surface area contributed by atoms with Gasteiger partial charge in [-0.05, 0) is 68.6 Å².